The predicted molar refractivity (Wildman–Crippen MR) is 215 cm³/mol. The van der Waals surface area contributed by atoms with E-state index in [2.05, 4.69) is 61.5 Å². The molecule has 0 aromatic carbocycles. The van der Waals surface area contributed by atoms with Gasteiger partial charge >= 0.3 is 11.9 Å². The zero-order chi connectivity index (χ0) is 40.1. The lowest BCUT2D eigenvalue weighted by Gasteiger charge is -2.72. The topological polar surface area (TPSA) is 109 Å². The number of aliphatic carboxylic acids is 2. The Morgan fingerprint density at radius 2 is 1.49 bits per heavy atom. The average molecular weight is 757 g/mol. The largest absolute Gasteiger partial charge is 0.481 e. The average Bonchev–Trinajstić information content (AvgIpc) is 3.40. The summed E-state index contributed by atoms with van der Waals surface area (Å²) in [5.41, 5.74) is 1.56. The number of Topliss-reactive ketones (excluding diaryl/α,β-unsaturated/α-hetero) is 2. The van der Waals surface area contributed by atoms with Crippen LogP contribution in [0, 0.1) is 91.2 Å². The number of hydrogen-bond acceptors (Lipinski definition) is 4. The second-order valence-electron chi connectivity index (χ2n) is 22.9. The molecule has 304 valence electrons. The minimum absolute atomic E-state index is 0.00460. The van der Waals surface area contributed by atoms with Crippen LogP contribution in [-0.2, 0) is 19.2 Å². The van der Waals surface area contributed by atoms with Gasteiger partial charge in [-0.25, -0.2) is 0 Å². The second-order valence-corrected chi connectivity index (χ2v) is 22.9. The quantitative estimate of drug-likeness (QED) is 0.250. The summed E-state index contributed by atoms with van der Waals surface area (Å²) < 4.78 is 0. The van der Waals surface area contributed by atoms with Gasteiger partial charge in [0, 0.05) is 29.6 Å². The summed E-state index contributed by atoms with van der Waals surface area (Å²) in [5.74, 6) is 0.110. The number of hydrogen-bond donors (Lipinski definition) is 2. The molecule has 6 nitrogen and oxygen atoms in total. The van der Waals surface area contributed by atoms with Gasteiger partial charge in [0.05, 0.1) is 10.8 Å². The van der Waals surface area contributed by atoms with Gasteiger partial charge in [0.1, 0.15) is 11.6 Å². The SMILES string of the molecule is CC(C)C1=C[C@@]23CC[C@@H]4[C@](C)(CCC[C@@]4(C)C(=O)O)[C@H]2C[C@@H]1[C@H](C(=O)C[C@@H](C)[C@H]1CC[C@@]2(C)C4=C(CC[C@]12C)[C@H]1CCC(=O)C(C)(C)[C@@H]1CC4)[C@@]3(C)C(=O)O. The van der Waals surface area contributed by atoms with Crippen LogP contribution in [0.15, 0.2) is 22.8 Å². The van der Waals surface area contributed by atoms with Gasteiger partial charge in [-0.3, -0.25) is 19.2 Å². The Hall–Kier alpha value is -2.24. The maximum absolute atomic E-state index is 15.3. The number of ketones is 2. The molecule has 55 heavy (non-hydrogen) atoms. The highest BCUT2D eigenvalue weighted by atomic mass is 16.4. The Kier molecular flexibility index (Phi) is 8.91. The van der Waals surface area contributed by atoms with Gasteiger partial charge in [0.25, 0.3) is 0 Å². The van der Waals surface area contributed by atoms with Crippen molar-refractivity contribution >= 4 is 23.5 Å². The predicted octanol–water partition coefficient (Wildman–Crippen LogP) is 11.1. The van der Waals surface area contributed by atoms with Crippen molar-refractivity contribution in [2.45, 2.75) is 166 Å². The van der Waals surface area contributed by atoms with E-state index in [9.17, 15) is 24.6 Å². The van der Waals surface area contributed by atoms with E-state index in [1.807, 2.05) is 13.8 Å². The smallest absolute Gasteiger partial charge is 0.311 e. The summed E-state index contributed by atoms with van der Waals surface area (Å²) in [4.78, 5) is 55.2. The van der Waals surface area contributed by atoms with Crippen molar-refractivity contribution in [2.75, 3.05) is 0 Å². The zero-order valence-electron chi connectivity index (χ0n) is 35.9. The van der Waals surface area contributed by atoms with Gasteiger partial charge in [0.15, 0.2) is 0 Å². The molecule has 9 aliphatic rings. The van der Waals surface area contributed by atoms with Crippen molar-refractivity contribution in [3.8, 4) is 0 Å². The van der Waals surface area contributed by atoms with E-state index in [4.69, 9.17) is 0 Å². The van der Waals surface area contributed by atoms with E-state index in [0.717, 1.165) is 64.2 Å². The minimum Gasteiger partial charge on any atom is -0.481 e. The Morgan fingerprint density at radius 3 is 2.15 bits per heavy atom. The molecule has 5 fully saturated rings. The molecule has 9 aliphatic carbocycles. The number of fused-ring (bicyclic) bond motifs is 6. The van der Waals surface area contributed by atoms with Crippen molar-refractivity contribution in [3.63, 3.8) is 0 Å². The first-order chi connectivity index (χ1) is 25.6. The van der Waals surface area contributed by atoms with Crippen molar-refractivity contribution in [3.05, 3.63) is 22.8 Å². The van der Waals surface area contributed by atoms with Crippen LogP contribution >= 0.6 is 0 Å². The maximum Gasteiger partial charge on any atom is 0.311 e. The molecule has 0 aromatic rings. The summed E-state index contributed by atoms with van der Waals surface area (Å²) in [6, 6.07) is 0. The normalized spacial score (nSPS) is 48.9. The fourth-order valence-corrected chi connectivity index (χ4v) is 17.5. The molecule has 0 saturated heterocycles. The summed E-state index contributed by atoms with van der Waals surface area (Å²) in [6.45, 7) is 22.3. The molecule has 0 radical (unpaired) electrons. The van der Waals surface area contributed by atoms with Crippen LogP contribution in [0.3, 0.4) is 0 Å². The number of rotatable bonds is 7. The van der Waals surface area contributed by atoms with E-state index in [1.54, 1.807) is 11.1 Å². The molecule has 0 aromatic heterocycles. The first-order valence-corrected chi connectivity index (χ1v) is 22.5. The number of carbonyl (C=O) groups is 4. The molecule has 0 amide bonds. The number of carboxylic acid groups (broad SMARTS) is 2. The molecular formula is C49H72O6. The molecule has 9 rings (SSSR count). The highest BCUT2D eigenvalue weighted by molar-refractivity contribution is 5.91. The van der Waals surface area contributed by atoms with E-state index < -0.39 is 34.1 Å². The third-order valence-corrected chi connectivity index (χ3v) is 20.7. The van der Waals surface area contributed by atoms with E-state index in [0.29, 0.717) is 55.6 Å². The van der Waals surface area contributed by atoms with Gasteiger partial charge in [-0.2, -0.15) is 0 Å². The fraction of sp³-hybridized carbons (Fsp3) is 0.837. The molecule has 0 unspecified atom stereocenters. The lowest BCUT2D eigenvalue weighted by Crippen LogP contribution is -2.70. The van der Waals surface area contributed by atoms with Crippen molar-refractivity contribution in [1.82, 2.24) is 0 Å². The number of allylic oxidation sites excluding steroid dienone is 4. The highest BCUT2D eigenvalue weighted by Gasteiger charge is 2.75. The van der Waals surface area contributed by atoms with E-state index in [-0.39, 0.29) is 57.0 Å². The van der Waals surface area contributed by atoms with Gasteiger partial charge in [-0.15, -0.1) is 0 Å². The molecule has 0 aliphatic heterocycles. The first kappa shape index (κ1) is 39.6. The van der Waals surface area contributed by atoms with Crippen LogP contribution in [0.4, 0.5) is 0 Å². The monoisotopic (exact) mass is 757 g/mol. The molecule has 6 heteroatoms. The third-order valence-electron chi connectivity index (χ3n) is 20.7. The van der Waals surface area contributed by atoms with Crippen LogP contribution in [0.25, 0.3) is 0 Å². The summed E-state index contributed by atoms with van der Waals surface area (Å²) in [5, 5.41) is 22.0. The summed E-state index contributed by atoms with van der Waals surface area (Å²) >= 11 is 0. The highest BCUT2D eigenvalue weighted by Crippen LogP contribution is 2.77. The molecule has 2 N–H and O–H groups in total. The van der Waals surface area contributed by atoms with Crippen molar-refractivity contribution in [1.29, 1.82) is 0 Å². The fourth-order valence-electron chi connectivity index (χ4n) is 17.5. The molecule has 14 atom stereocenters. The Balaban J connectivity index is 1.10. The molecule has 2 bridgehead atoms. The lowest BCUT2D eigenvalue weighted by atomic mass is 9.30. The third kappa shape index (κ3) is 4.84. The molecule has 1 spiro atoms. The van der Waals surface area contributed by atoms with Crippen LogP contribution in [0.2, 0.25) is 0 Å². The van der Waals surface area contributed by atoms with E-state index >= 15 is 4.79 Å². The van der Waals surface area contributed by atoms with E-state index in [1.165, 1.54) is 5.57 Å². The second kappa shape index (κ2) is 12.4. The van der Waals surface area contributed by atoms with Crippen LogP contribution in [-0.4, -0.2) is 33.7 Å². The van der Waals surface area contributed by atoms with Crippen LogP contribution < -0.4 is 0 Å². The number of carbonyl (C=O) groups excluding carboxylic acids is 2. The van der Waals surface area contributed by atoms with Gasteiger partial charge < -0.3 is 10.2 Å². The first-order valence-electron chi connectivity index (χ1n) is 22.5. The van der Waals surface area contributed by atoms with Crippen LogP contribution in [0.5, 0.6) is 0 Å². The molecule has 5 saturated carbocycles. The minimum atomic E-state index is -1.24. The van der Waals surface area contributed by atoms with Gasteiger partial charge in [-0.05, 0) is 154 Å². The van der Waals surface area contributed by atoms with Gasteiger partial charge in [-0.1, -0.05) is 84.6 Å². The van der Waals surface area contributed by atoms with Gasteiger partial charge in [0.2, 0.25) is 0 Å². The summed E-state index contributed by atoms with van der Waals surface area (Å²) in [7, 11) is 0. The zero-order valence-corrected chi connectivity index (χ0v) is 35.9. The van der Waals surface area contributed by atoms with Crippen molar-refractivity contribution < 1.29 is 29.4 Å². The maximum atomic E-state index is 15.3. The number of carboxylic acids is 2. The lowest BCUT2D eigenvalue weighted by molar-refractivity contribution is -0.225. The Bertz CT molecular complexity index is 1770. The summed E-state index contributed by atoms with van der Waals surface area (Å²) in [6.07, 6.45) is 15.7. The standard InChI is InChI=1S/C49H72O6/c1-27(2)32-26-49-23-18-37-44(6,19-11-20-45(37,7)41(52)53)38(49)25-31(32)40(48(49,10)42(54)55)36(50)24-28(3)33-17-22-47(9)35-14-13-34-29(12-15-39(51)43(34,4)5)30(35)16-21-46(33,47)8/h26-29,31,33-34,37-38,40H,11-25H2,1-10H3,(H,52,53)(H,54,55)/t28-,29-,31+,33-,34-,37-,38-,40-,44+,45-,46-,47+,48+,49+/m1/s1. The molecule has 0 heterocycles. The van der Waals surface area contributed by atoms with Crippen molar-refractivity contribution in [2.24, 2.45) is 91.2 Å². The Labute approximate surface area is 331 Å². The van der Waals surface area contributed by atoms with Crippen LogP contribution in [0.1, 0.15) is 166 Å². The Morgan fingerprint density at radius 1 is 0.782 bits per heavy atom. The molecular weight excluding hydrogens is 685 g/mol.